The Bertz CT molecular complexity index is 581. The van der Waals surface area contributed by atoms with Gasteiger partial charge in [-0.15, -0.1) is 0 Å². The number of halogens is 1. The van der Waals surface area contributed by atoms with Crippen molar-refractivity contribution in [1.29, 1.82) is 0 Å². The van der Waals surface area contributed by atoms with Crippen LogP contribution in [0.15, 0.2) is 48.8 Å². The molecule has 1 heterocycles. The van der Waals surface area contributed by atoms with E-state index in [4.69, 9.17) is 4.74 Å². The maximum absolute atomic E-state index is 12.7. The highest BCUT2D eigenvalue weighted by atomic mass is 19.1. The maximum atomic E-state index is 12.7. The lowest BCUT2D eigenvalue weighted by Crippen LogP contribution is -2.14. The number of rotatable bonds is 4. The molecule has 0 saturated carbocycles. The summed E-state index contributed by atoms with van der Waals surface area (Å²) in [5, 5.41) is 0. The number of pyridine rings is 1. The Hall–Kier alpha value is -2.56. The number of Topliss-reactive ketones (excluding diaryl/α,β-unsaturated/α-hetero) is 1. The molecule has 0 aliphatic rings. The fourth-order valence-electron chi connectivity index (χ4n) is 1.42. The normalized spacial score (nSPS) is 9.95. The summed E-state index contributed by atoms with van der Waals surface area (Å²) >= 11 is 0. The van der Waals surface area contributed by atoms with Crippen LogP contribution in [0, 0.1) is 5.82 Å². The van der Waals surface area contributed by atoms with E-state index in [1.807, 2.05) is 0 Å². The summed E-state index contributed by atoms with van der Waals surface area (Å²) in [7, 11) is 0. The molecule has 0 saturated heterocycles. The fourth-order valence-corrected chi connectivity index (χ4v) is 1.42. The smallest absolute Gasteiger partial charge is 0.338 e. The molecule has 0 atom stereocenters. The Morgan fingerprint density at radius 3 is 2.26 bits per heavy atom. The molecular weight excluding hydrogens is 249 g/mol. The fraction of sp³-hybridized carbons (Fsp3) is 0.0714. The summed E-state index contributed by atoms with van der Waals surface area (Å²) in [4.78, 5) is 27.0. The van der Waals surface area contributed by atoms with Gasteiger partial charge in [0.1, 0.15) is 5.82 Å². The van der Waals surface area contributed by atoms with E-state index in [9.17, 15) is 14.0 Å². The van der Waals surface area contributed by atoms with Gasteiger partial charge in [0.05, 0.1) is 5.56 Å². The van der Waals surface area contributed by atoms with Crippen LogP contribution in [-0.2, 0) is 4.74 Å². The van der Waals surface area contributed by atoms with E-state index in [1.54, 1.807) is 0 Å². The molecule has 0 spiro atoms. The minimum atomic E-state index is -0.599. The average molecular weight is 259 g/mol. The van der Waals surface area contributed by atoms with Crippen molar-refractivity contribution >= 4 is 11.8 Å². The molecule has 1 aromatic carbocycles. The zero-order valence-corrected chi connectivity index (χ0v) is 9.88. The number of ketones is 1. The van der Waals surface area contributed by atoms with Crippen molar-refractivity contribution < 1.29 is 18.7 Å². The van der Waals surface area contributed by atoms with Crippen LogP contribution in [0.2, 0.25) is 0 Å². The first kappa shape index (κ1) is 12.9. The summed E-state index contributed by atoms with van der Waals surface area (Å²) in [6, 6.07) is 8.03. The van der Waals surface area contributed by atoms with E-state index in [-0.39, 0.29) is 12.4 Å². The summed E-state index contributed by atoms with van der Waals surface area (Å²) in [6.45, 7) is -0.382. The number of hydrogen-bond donors (Lipinski definition) is 0. The van der Waals surface area contributed by atoms with Gasteiger partial charge in [0.15, 0.2) is 12.4 Å². The summed E-state index contributed by atoms with van der Waals surface area (Å²) in [5.74, 6) is -1.41. The summed E-state index contributed by atoms with van der Waals surface area (Å²) in [5.41, 5.74) is 0.617. The molecule has 0 radical (unpaired) electrons. The molecule has 4 nitrogen and oxygen atoms in total. The molecule has 0 N–H and O–H groups in total. The predicted octanol–water partition coefficient (Wildman–Crippen LogP) is 2.26. The van der Waals surface area contributed by atoms with E-state index in [2.05, 4.69) is 4.98 Å². The molecule has 96 valence electrons. The van der Waals surface area contributed by atoms with Gasteiger partial charge in [-0.05, 0) is 36.4 Å². The first-order chi connectivity index (χ1) is 9.16. The summed E-state index contributed by atoms with van der Waals surface area (Å²) in [6.07, 6.45) is 2.91. The Morgan fingerprint density at radius 1 is 1.00 bits per heavy atom. The van der Waals surface area contributed by atoms with Gasteiger partial charge in [-0.25, -0.2) is 9.18 Å². The number of esters is 1. The van der Waals surface area contributed by atoms with Gasteiger partial charge in [-0.3, -0.25) is 9.78 Å². The molecular formula is C14H10FNO3. The lowest BCUT2D eigenvalue weighted by Gasteiger charge is -2.04. The van der Waals surface area contributed by atoms with E-state index < -0.39 is 11.8 Å². The van der Waals surface area contributed by atoms with Crippen molar-refractivity contribution in [3.05, 3.63) is 65.7 Å². The van der Waals surface area contributed by atoms with Crippen molar-refractivity contribution in [2.24, 2.45) is 0 Å². The number of nitrogens with zero attached hydrogens (tertiary/aromatic N) is 1. The number of hydrogen-bond acceptors (Lipinski definition) is 4. The van der Waals surface area contributed by atoms with Crippen LogP contribution in [0.25, 0.3) is 0 Å². The Balaban J connectivity index is 1.94. The topological polar surface area (TPSA) is 56.3 Å². The minimum Gasteiger partial charge on any atom is -0.454 e. The maximum Gasteiger partial charge on any atom is 0.338 e. The molecule has 19 heavy (non-hydrogen) atoms. The predicted molar refractivity (Wildman–Crippen MR) is 65.3 cm³/mol. The molecule has 2 aromatic rings. The van der Waals surface area contributed by atoms with Crippen molar-refractivity contribution in [2.75, 3.05) is 6.61 Å². The Morgan fingerprint density at radius 2 is 1.63 bits per heavy atom. The first-order valence-corrected chi connectivity index (χ1v) is 5.53. The zero-order chi connectivity index (χ0) is 13.7. The largest absolute Gasteiger partial charge is 0.454 e. The second-order valence-electron chi connectivity index (χ2n) is 3.74. The van der Waals surface area contributed by atoms with Crippen LogP contribution in [-0.4, -0.2) is 23.3 Å². The molecule has 0 bridgehead atoms. The lowest BCUT2D eigenvalue weighted by molar-refractivity contribution is 0.0474. The molecule has 5 heteroatoms. The molecule has 0 fully saturated rings. The number of carbonyl (C=O) groups is 2. The third-order valence-electron chi connectivity index (χ3n) is 2.42. The Kier molecular flexibility index (Phi) is 3.97. The highest BCUT2D eigenvalue weighted by molar-refractivity contribution is 5.99. The Labute approximate surface area is 108 Å². The third-order valence-corrected chi connectivity index (χ3v) is 2.42. The minimum absolute atomic E-state index is 0.295. The molecule has 2 rings (SSSR count). The van der Waals surface area contributed by atoms with Crippen LogP contribution in [0.1, 0.15) is 20.7 Å². The van der Waals surface area contributed by atoms with Gasteiger partial charge in [-0.1, -0.05) is 0 Å². The lowest BCUT2D eigenvalue weighted by atomic mass is 10.1. The summed E-state index contributed by atoms with van der Waals surface area (Å²) < 4.78 is 17.5. The average Bonchev–Trinajstić information content (AvgIpc) is 2.46. The first-order valence-electron chi connectivity index (χ1n) is 5.53. The van der Waals surface area contributed by atoms with Crippen LogP contribution in [0.5, 0.6) is 0 Å². The standard InChI is InChI=1S/C14H10FNO3/c15-12-3-1-10(2-4-12)13(17)9-19-14(18)11-5-7-16-8-6-11/h1-8H,9H2. The zero-order valence-electron chi connectivity index (χ0n) is 9.88. The van der Waals surface area contributed by atoms with Crippen LogP contribution in [0.4, 0.5) is 4.39 Å². The van der Waals surface area contributed by atoms with Crippen LogP contribution in [0.3, 0.4) is 0 Å². The number of aromatic nitrogens is 1. The van der Waals surface area contributed by atoms with Gasteiger partial charge in [0.25, 0.3) is 0 Å². The second-order valence-corrected chi connectivity index (χ2v) is 3.74. The van der Waals surface area contributed by atoms with Gasteiger partial charge >= 0.3 is 5.97 Å². The molecule has 1 aromatic heterocycles. The van der Waals surface area contributed by atoms with Gasteiger partial charge in [-0.2, -0.15) is 0 Å². The molecule has 0 amide bonds. The number of benzene rings is 1. The monoisotopic (exact) mass is 259 g/mol. The van der Waals surface area contributed by atoms with Gasteiger partial charge < -0.3 is 4.74 Å². The van der Waals surface area contributed by atoms with Crippen LogP contribution >= 0.6 is 0 Å². The number of carbonyl (C=O) groups excluding carboxylic acids is 2. The van der Waals surface area contributed by atoms with E-state index in [0.29, 0.717) is 11.1 Å². The highest BCUT2D eigenvalue weighted by Crippen LogP contribution is 2.05. The van der Waals surface area contributed by atoms with Crippen molar-refractivity contribution in [3.63, 3.8) is 0 Å². The van der Waals surface area contributed by atoms with Crippen molar-refractivity contribution in [3.8, 4) is 0 Å². The van der Waals surface area contributed by atoms with E-state index >= 15 is 0 Å². The highest BCUT2D eigenvalue weighted by Gasteiger charge is 2.11. The van der Waals surface area contributed by atoms with E-state index in [0.717, 1.165) is 0 Å². The van der Waals surface area contributed by atoms with Gasteiger partial charge in [0, 0.05) is 18.0 Å². The second kappa shape index (κ2) is 5.86. The molecule has 0 aliphatic carbocycles. The molecule has 0 unspecified atom stereocenters. The van der Waals surface area contributed by atoms with Gasteiger partial charge in [0.2, 0.25) is 0 Å². The van der Waals surface area contributed by atoms with Crippen molar-refractivity contribution in [1.82, 2.24) is 4.98 Å². The number of ether oxygens (including phenoxy) is 1. The van der Waals surface area contributed by atoms with E-state index in [1.165, 1.54) is 48.8 Å². The molecule has 0 aliphatic heterocycles. The van der Waals surface area contributed by atoms with Crippen LogP contribution < -0.4 is 0 Å². The SMILES string of the molecule is O=C(COC(=O)c1ccncc1)c1ccc(F)cc1. The quantitative estimate of drug-likeness (QED) is 0.624. The van der Waals surface area contributed by atoms with Crippen molar-refractivity contribution in [2.45, 2.75) is 0 Å². The third kappa shape index (κ3) is 3.45.